The fourth-order valence-electron chi connectivity index (χ4n) is 1.90. The second-order valence-electron chi connectivity index (χ2n) is 5.01. The van der Waals surface area contributed by atoms with Gasteiger partial charge in [0.2, 0.25) is 5.96 Å². The monoisotopic (exact) mass is 300 g/mol. The lowest BCUT2D eigenvalue weighted by Gasteiger charge is -2.15. The summed E-state index contributed by atoms with van der Waals surface area (Å²) in [5.41, 5.74) is 12.4. The first kappa shape index (κ1) is 15.6. The van der Waals surface area contributed by atoms with Gasteiger partial charge in [0.05, 0.1) is 18.9 Å². The van der Waals surface area contributed by atoms with E-state index in [1.165, 1.54) is 0 Å². The number of benzene rings is 1. The Labute approximate surface area is 129 Å². The summed E-state index contributed by atoms with van der Waals surface area (Å²) < 4.78 is 7.67. The summed E-state index contributed by atoms with van der Waals surface area (Å²) in [6.07, 6.45) is 5.33. The van der Waals surface area contributed by atoms with Crippen LogP contribution in [0.15, 0.2) is 46.9 Å². The summed E-state index contributed by atoms with van der Waals surface area (Å²) in [5.74, 6) is 0.747. The topological polar surface area (TPSA) is 104 Å². The van der Waals surface area contributed by atoms with Crippen molar-refractivity contribution in [2.75, 3.05) is 0 Å². The first-order valence-electron chi connectivity index (χ1n) is 6.93. The molecule has 0 bridgehead atoms. The van der Waals surface area contributed by atoms with Gasteiger partial charge in [0.1, 0.15) is 5.75 Å². The Hall–Kier alpha value is -2.83. The molecule has 116 valence electrons. The number of guanidine groups is 1. The van der Waals surface area contributed by atoms with Crippen molar-refractivity contribution in [2.24, 2.45) is 21.7 Å². The Bertz CT molecular complexity index is 657. The minimum atomic E-state index is -0.0761. The Balaban J connectivity index is 2.27. The normalized spacial score (nSPS) is 11.0. The average Bonchev–Trinajstić information content (AvgIpc) is 2.93. The van der Waals surface area contributed by atoms with Crippen LogP contribution in [0.3, 0.4) is 0 Å². The summed E-state index contributed by atoms with van der Waals surface area (Å²) in [4.78, 5) is 0. The molecule has 0 radical (unpaired) electrons. The molecule has 0 atom stereocenters. The second-order valence-corrected chi connectivity index (χ2v) is 5.01. The van der Waals surface area contributed by atoms with Gasteiger partial charge >= 0.3 is 0 Å². The zero-order valence-electron chi connectivity index (χ0n) is 12.7. The van der Waals surface area contributed by atoms with Gasteiger partial charge in [0.25, 0.3) is 0 Å². The number of hydrogen-bond donors (Lipinski definition) is 2. The van der Waals surface area contributed by atoms with E-state index in [9.17, 15) is 0 Å². The molecule has 0 fully saturated rings. The van der Waals surface area contributed by atoms with Crippen LogP contribution in [-0.2, 0) is 6.54 Å². The van der Waals surface area contributed by atoms with Crippen LogP contribution in [0.4, 0.5) is 0 Å². The molecule has 2 rings (SSSR count). The van der Waals surface area contributed by atoms with E-state index in [0.717, 1.165) is 16.9 Å². The number of hydrogen-bond acceptors (Lipinski definition) is 4. The molecule has 0 aliphatic carbocycles. The van der Waals surface area contributed by atoms with E-state index in [1.54, 1.807) is 12.4 Å². The van der Waals surface area contributed by atoms with Gasteiger partial charge < -0.3 is 16.2 Å². The predicted molar refractivity (Wildman–Crippen MR) is 86.9 cm³/mol. The molecule has 1 heterocycles. The Morgan fingerprint density at radius 3 is 2.86 bits per heavy atom. The number of aromatic nitrogens is 2. The molecule has 2 aromatic rings. The van der Waals surface area contributed by atoms with Crippen molar-refractivity contribution in [2.45, 2.75) is 26.5 Å². The predicted octanol–water partition coefficient (Wildman–Crippen LogP) is 1.33. The molecule has 0 saturated heterocycles. The van der Waals surface area contributed by atoms with Crippen molar-refractivity contribution in [3.63, 3.8) is 0 Å². The quantitative estimate of drug-likeness (QED) is 0.477. The van der Waals surface area contributed by atoms with Crippen LogP contribution in [0.25, 0.3) is 0 Å². The standard InChI is InChI=1S/C15H20N6O/c1-11(2)22-14-5-4-12(9-18-20-15(16)17)8-13(14)10-21-7-3-6-19-21/h3-9,11H,10H2,1-2H3,(H4,16,17,20). The fraction of sp³-hybridized carbons (Fsp3) is 0.267. The van der Waals surface area contributed by atoms with Crippen molar-refractivity contribution in [3.8, 4) is 5.75 Å². The molecule has 22 heavy (non-hydrogen) atoms. The van der Waals surface area contributed by atoms with Crippen molar-refractivity contribution >= 4 is 12.2 Å². The van der Waals surface area contributed by atoms with E-state index in [2.05, 4.69) is 15.3 Å². The van der Waals surface area contributed by atoms with E-state index in [1.807, 2.05) is 49.0 Å². The molecule has 7 heteroatoms. The molecule has 1 aromatic heterocycles. The Kier molecular flexibility index (Phi) is 5.13. The van der Waals surface area contributed by atoms with Crippen LogP contribution in [0.1, 0.15) is 25.0 Å². The highest BCUT2D eigenvalue weighted by atomic mass is 16.5. The maximum absolute atomic E-state index is 5.84. The maximum atomic E-state index is 5.84. The molecular weight excluding hydrogens is 280 g/mol. The first-order chi connectivity index (χ1) is 10.5. The van der Waals surface area contributed by atoms with E-state index >= 15 is 0 Å². The van der Waals surface area contributed by atoms with Crippen LogP contribution >= 0.6 is 0 Å². The lowest BCUT2D eigenvalue weighted by molar-refractivity contribution is 0.239. The summed E-state index contributed by atoms with van der Waals surface area (Å²) in [6.45, 7) is 4.59. The molecule has 0 spiro atoms. The van der Waals surface area contributed by atoms with E-state index in [4.69, 9.17) is 16.2 Å². The van der Waals surface area contributed by atoms with Gasteiger partial charge in [0, 0.05) is 18.0 Å². The van der Waals surface area contributed by atoms with Gasteiger partial charge in [-0.25, -0.2) is 0 Å². The summed E-state index contributed by atoms with van der Waals surface area (Å²) >= 11 is 0. The largest absolute Gasteiger partial charge is 0.491 e. The first-order valence-corrected chi connectivity index (χ1v) is 6.93. The smallest absolute Gasteiger partial charge is 0.211 e. The minimum absolute atomic E-state index is 0.0761. The summed E-state index contributed by atoms with van der Waals surface area (Å²) in [6, 6.07) is 7.67. The van der Waals surface area contributed by atoms with Crippen LogP contribution < -0.4 is 16.2 Å². The Morgan fingerprint density at radius 2 is 2.23 bits per heavy atom. The third kappa shape index (κ3) is 4.62. The molecule has 0 saturated carbocycles. The zero-order valence-corrected chi connectivity index (χ0v) is 12.7. The molecule has 0 amide bonds. The highest BCUT2D eigenvalue weighted by Gasteiger charge is 2.08. The number of ether oxygens (including phenoxy) is 1. The van der Waals surface area contributed by atoms with Gasteiger partial charge in [0.15, 0.2) is 0 Å². The molecule has 7 nitrogen and oxygen atoms in total. The zero-order chi connectivity index (χ0) is 15.9. The van der Waals surface area contributed by atoms with Gasteiger partial charge in [-0.05, 0) is 43.7 Å². The van der Waals surface area contributed by atoms with Crippen molar-refractivity contribution in [3.05, 3.63) is 47.8 Å². The molecule has 0 unspecified atom stereocenters. The van der Waals surface area contributed by atoms with Crippen LogP contribution in [0, 0.1) is 0 Å². The third-order valence-electron chi connectivity index (χ3n) is 2.72. The van der Waals surface area contributed by atoms with Gasteiger partial charge in [-0.3, -0.25) is 4.68 Å². The van der Waals surface area contributed by atoms with Gasteiger partial charge in [-0.15, -0.1) is 5.10 Å². The third-order valence-corrected chi connectivity index (χ3v) is 2.72. The average molecular weight is 300 g/mol. The highest BCUT2D eigenvalue weighted by molar-refractivity contribution is 5.82. The van der Waals surface area contributed by atoms with Crippen LogP contribution in [0.5, 0.6) is 5.75 Å². The second kappa shape index (κ2) is 7.26. The summed E-state index contributed by atoms with van der Waals surface area (Å²) in [7, 11) is 0. The van der Waals surface area contributed by atoms with Crippen molar-refractivity contribution in [1.82, 2.24) is 9.78 Å². The minimum Gasteiger partial charge on any atom is -0.491 e. The van der Waals surface area contributed by atoms with E-state index in [0.29, 0.717) is 6.54 Å². The number of nitrogens with zero attached hydrogens (tertiary/aromatic N) is 4. The molecule has 0 aliphatic heterocycles. The summed E-state index contributed by atoms with van der Waals surface area (Å²) in [5, 5.41) is 11.6. The molecule has 1 aromatic carbocycles. The SMILES string of the molecule is CC(C)Oc1ccc(C=NN=C(N)N)cc1Cn1cccn1. The number of nitrogens with two attached hydrogens (primary N) is 2. The van der Waals surface area contributed by atoms with Crippen LogP contribution in [-0.4, -0.2) is 28.1 Å². The fourth-order valence-corrected chi connectivity index (χ4v) is 1.90. The Morgan fingerprint density at radius 1 is 1.41 bits per heavy atom. The van der Waals surface area contributed by atoms with E-state index < -0.39 is 0 Å². The van der Waals surface area contributed by atoms with Crippen molar-refractivity contribution in [1.29, 1.82) is 0 Å². The molecule has 0 aliphatic rings. The van der Waals surface area contributed by atoms with Crippen LogP contribution in [0.2, 0.25) is 0 Å². The lowest BCUT2D eigenvalue weighted by Crippen LogP contribution is -2.21. The lowest BCUT2D eigenvalue weighted by atomic mass is 10.1. The van der Waals surface area contributed by atoms with Gasteiger partial charge in [-0.1, -0.05) is 0 Å². The van der Waals surface area contributed by atoms with E-state index in [-0.39, 0.29) is 12.1 Å². The van der Waals surface area contributed by atoms with Gasteiger partial charge in [-0.2, -0.15) is 10.2 Å². The molecule has 4 N–H and O–H groups in total. The maximum Gasteiger partial charge on any atom is 0.211 e. The number of rotatable bonds is 6. The molecular formula is C15H20N6O. The van der Waals surface area contributed by atoms with Crippen molar-refractivity contribution < 1.29 is 4.74 Å². The highest BCUT2D eigenvalue weighted by Crippen LogP contribution is 2.22.